The van der Waals surface area contributed by atoms with E-state index < -0.39 is 5.97 Å². The van der Waals surface area contributed by atoms with Crippen molar-refractivity contribution in [2.75, 3.05) is 12.4 Å². The third kappa shape index (κ3) is 6.75. The number of carboxylic acids is 1. The minimum Gasteiger partial charge on any atom is -0.493 e. The molecule has 0 unspecified atom stereocenters. The first-order valence-electron chi connectivity index (χ1n) is 11.8. The maximum atomic E-state index is 10.9. The SMILES string of the molecule is CCCc1c(OCCCSc2ccc(CC(=O)O)cc2Cl)ccc2c(Cc3ccc(Cl)cc3)noc12. The zero-order chi connectivity index (χ0) is 25.5. The van der Waals surface area contributed by atoms with Crippen molar-refractivity contribution >= 4 is 51.9 Å². The Hall–Kier alpha value is -2.67. The van der Waals surface area contributed by atoms with Crippen molar-refractivity contribution in [2.24, 2.45) is 0 Å². The molecule has 1 aromatic heterocycles. The summed E-state index contributed by atoms with van der Waals surface area (Å²) in [7, 11) is 0. The molecule has 0 radical (unpaired) electrons. The molecule has 0 aliphatic rings. The number of aromatic nitrogens is 1. The first-order chi connectivity index (χ1) is 17.4. The molecule has 36 heavy (non-hydrogen) atoms. The summed E-state index contributed by atoms with van der Waals surface area (Å²) in [5.74, 6) is 0.795. The Labute approximate surface area is 224 Å². The first-order valence-corrected chi connectivity index (χ1v) is 13.6. The number of nitrogens with zero attached hydrogens (tertiary/aromatic N) is 1. The zero-order valence-corrected chi connectivity index (χ0v) is 22.3. The van der Waals surface area contributed by atoms with Crippen LogP contribution in [0, 0.1) is 0 Å². The van der Waals surface area contributed by atoms with Gasteiger partial charge >= 0.3 is 5.97 Å². The summed E-state index contributed by atoms with van der Waals surface area (Å²) in [5, 5.41) is 15.6. The Balaban J connectivity index is 1.37. The summed E-state index contributed by atoms with van der Waals surface area (Å²) in [6, 6.07) is 17.2. The molecule has 0 aliphatic carbocycles. The summed E-state index contributed by atoms with van der Waals surface area (Å²) in [5.41, 5.74) is 4.57. The predicted molar refractivity (Wildman–Crippen MR) is 146 cm³/mol. The van der Waals surface area contributed by atoms with Gasteiger partial charge in [0.05, 0.1) is 23.7 Å². The maximum Gasteiger partial charge on any atom is 0.307 e. The summed E-state index contributed by atoms with van der Waals surface area (Å²) in [6.07, 6.45) is 3.29. The number of ether oxygens (including phenoxy) is 1. The lowest BCUT2D eigenvalue weighted by molar-refractivity contribution is -0.136. The highest BCUT2D eigenvalue weighted by atomic mass is 35.5. The number of fused-ring (bicyclic) bond motifs is 1. The van der Waals surface area contributed by atoms with Crippen molar-refractivity contribution in [1.82, 2.24) is 5.16 Å². The molecule has 0 amide bonds. The number of halogens is 2. The van der Waals surface area contributed by atoms with E-state index in [1.807, 2.05) is 48.5 Å². The van der Waals surface area contributed by atoms with E-state index in [0.717, 1.165) is 63.5 Å². The van der Waals surface area contributed by atoms with Gasteiger partial charge in [0.2, 0.25) is 0 Å². The van der Waals surface area contributed by atoms with Crippen LogP contribution in [0.4, 0.5) is 0 Å². The second-order valence-electron chi connectivity index (χ2n) is 8.49. The molecule has 0 spiro atoms. The molecule has 1 heterocycles. The van der Waals surface area contributed by atoms with Crippen LogP contribution in [-0.4, -0.2) is 28.6 Å². The van der Waals surface area contributed by atoms with Gasteiger partial charge in [-0.05, 0) is 60.4 Å². The number of rotatable bonds is 12. The van der Waals surface area contributed by atoms with Crippen molar-refractivity contribution in [2.45, 2.75) is 43.9 Å². The molecule has 1 N–H and O–H groups in total. The third-order valence-electron chi connectivity index (χ3n) is 5.72. The quantitative estimate of drug-likeness (QED) is 0.145. The molecular formula is C28H27Cl2NO4S. The van der Waals surface area contributed by atoms with Gasteiger partial charge in [0.15, 0.2) is 5.58 Å². The van der Waals surface area contributed by atoms with Gasteiger partial charge in [0.25, 0.3) is 0 Å². The van der Waals surface area contributed by atoms with Crippen molar-refractivity contribution < 1.29 is 19.2 Å². The normalized spacial score (nSPS) is 11.2. The molecular weight excluding hydrogens is 517 g/mol. The van der Waals surface area contributed by atoms with Gasteiger partial charge in [-0.3, -0.25) is 4.79 Å². The minimum atomic E-state index is -0.868. The molecule has 0 fully saturated rings. The number of benzene rings is 3. The van der Waals surface area contributed by atoms with Gasteiger partial charge in [-0.1, -0.05) is 59.9 Å². The minimum absolute atomic E-state index is 0.0310. The van der Waals surface area contributed by atoms with E-state index in [0.29, 0.717) is 28.6 Å². The maximum absolute atomic E-state index is 10.9. The van der Waals surface area contributed by atoms with Crippen LogP contribution in [0.2, 0.25) is 10.0 Å². The number of carbonyl (C=O) groups is 1. The molecule has 0 aliphatic heterocycles. The van der Waals surface area contributed by atoms with E-state index >= 15 is 0 Å². The Morgan fingerprint density at radius 2 is 1.86 bits per heavy atom. The topological polar surface area (TPSA) is 72.6 Å². The molecule has 0 saturated heterocycles. The summed E-state index contributed by atoms with van der Waals surface area (Å²) < 4.78 is 11.9. The van der Waals surface area contributed by atoms with Gasteiger partial charge in [-0.15, -0.1) is 11.8 Å². The van der Waals surface area contributed by atoms with Gasteiger partial charge in [-0.25, -0.2) is 0 Å². The third-order valence-corrected chi connectivity index (χ3v) is 7.55. The number of hydrogen-bond acceptors (Lipinski definition) is 5. The number of carboxylic acid groups (broad SMARTS) is 1. The number of aliphatic carboxylic acids is 1. The summed E-state index contributed by atoms with van der Waals surface area (Å²) >= 11 is 14.0. The van der Waals surface area contributed by atoms with Crippen LogP contribution >= 0.6 is 35.0 Å². The van der Waals surface area contributed by atoms with Crippen LogP contribution in [0.25, 0.3) is 11.0 Å². The summed E-state index contributed by atoms with van der Waals surface area (Å²) in [4.78, 5) is 11.8. The van der Waals surface area contributed by atoms with Crippen molar-refractivity contribution in [3.63, 3.8) is 0 Å². The van der Waals surface area contributed by atoms with E-state index in [1.165, 1.54) is 0 Å². The largest absolute Gasteiger partial charge is 0.493 e. The highest BCUT2D eigenvalue weighted by molar-refractivity contribution is 7.99. The predicted octanol–water partition coefficient (Wildman–Crippen LogP) is 7.87. The second-order valence-corrected chi connectivity index (χ2v) is 10.5. The second kappa shape index (κ2) is 12.5. The molecule has 4 aromatic rings. The molecule has 188 valence electrons. The van der Waals surface area contributed by atoms with Crippen LogP contribution in [0.3, 0.4) is 0 Å². The fourth-order valence-corrected chi connectivity index (χ4v) is 5.34. The number of aryl methyl sites for hydroxylation is 1. The van der Waals surface area contributed by atoms with Crippen molar-refractivity contribution in [3.05, 3.63) is 87.0 Å². The fraction of sp³-hybridized carbons (Fsp3) is 0.286. The molecule has 3 aromatic carbocycles. The summed E-state index contributed by atoms with van der Waals surface area (Å²) in [6.45, 7) is 2.70. The van der Waals surface area contributed by atoms with Crippen molar-refractivity contribution in [1.29, 1.82) is 0 Å². The van der Waals surface area contributed by atoms with E-state index in [4.69, 9.17) is 37.6 Å². The van der Waals surface area contributed by atoms with Crippen LogP contribution in [0.5, 0.6) is 5.75 Å². The van der Waals surface area contributed by atoms with E-state index in [2.05, 4.69) is 12.1 Å². The Morgan fingerprint density at radius 1 is 1.08 bits per heavy atom. The average molecular weight is 545 g/mol. The van der Waals surface area contributed by atoms with E-state index in [9.17, 15) is 4.79 Å². The first kappa shape index (κ1) is 26.4. The van der Waals surface area contributed by atoms with Crippen LogP contribution in [-0.2, 0) is 24.1 Å². The Kier molecular flexibility index (Phi) is 9.19. The lowest BCUT2D eigenvalue weighted by Crippen LogP contribution is -2.02. The molecule has 0 atom stereocenters. The lowest BCUT2D eigenvalue weighted by atomic mass is 10.0. The van der Waals surface area contributed by atoms with Gasteiger partial charge in [0, 0.05) is 33.0 Å². The number of thioether (sulfide) groups is 1. The molecule has 4 rings (SSSR count). The highest BCUT2D eigenvalue weighted by Gasteiger charge is 2.17. The smallest absolute Gasteiger partial charge is 0.307 e. The molecule has 0 bridgehead atoms. The van der Waals surface area contributed by atoms with Gasteiger partial charge in [-0.2, -0.15) is 0 Å². The molecule has 0 saturated carbocycles. The molecule has 8 heteroatoms. The Morgan fingerprint density at radius 3 is 2.58 bits per heavy atom. The van der Waals surface area contributed by atoms with Gasteiger partial charge in [0.1, 0.15) is 5.75 Å². The van der Waals surface area contributed by atoms with Crippen LogP contribution in [0.1, 0.15) is 42.1 Å². The van der Waals surface area contributed by atoms with E-state index in [-0.39, 0.29) is 6.42 Å². The van der Waals surface area contributed by atoms with E-state index in [1.54, 1.807) is 17.8 Å². The fourth-order valence-electron chi connectivity index (χ4n) is 4.01. The average Bonchev–Trinajstić information content (AvgIpc) is 3.25. The zero-order valence-electron chi connectivity index (χ0n) is 19.9. The van der Waals surface area contributed by atoms with Gasteiger partial charge < -0.3 is 14.4 Å². The van der Waals surface area contributed by atoms with Crippen LogP contribution < -0.4 is 4.74 Å². The van der Waals surface area contributed by atoms with Crippen molar-refractivity contribution in [3.8, 4) is 5.75 Å². The standard InChI is InChI=1S/C28H27Cl2NO4S/c1-2-4-22-25(34-13-3-14-36-26-12-7-19(15-23(26)30)17-27(32)33)11-10-21-24(31-35-28(21)22)16-18-5-8-20(29)9-6-18/h5-12,15H,2-4,13-14,16-17H2,1H3,(H,32,33). The highest BCUT2D eigenvalue weighted by Crippen LogP contribution is 2.33. The molecule has 5 nitrogen and oxygen atoms in total. The van der Waals surface area contributed by atoms with Crippen LogP contribution in [0.15, 0.2) is 64.0 Å². The lowest BCUT2D eigenvalue weighted by Gasteiger charge is -2.12. The monoisotopic (exact) mass is 543 g/mol. The Bertz CT molecular complexity index is 1340. The number of hydrogen-bond donors (Lipinski definition) is 1.